The second-order valence-electron chi connectivity index (χ2n) is 3.88. The van der Waals surface area contributed by atoms with Crippen LogP contribution in [-0.4, -0.2) is 13.0 Å². The van der Waals surface area contributed by atoms with Crippen LogP contribution in [0.2, 0.25) is 0 Å². The van der Waals surface area contributed by atoms with Crippen LogP contribution >= 0.6 is 0 Å². The third kappa shape index (κ3) is 2.93. The highest BCUT2D eigenvalue weighted by molar-refractivity contribution is 6.06. The van der Waals surface area contributed by atoms with E-state index in [0.29, 0.717) is 17.0 Å². The van der Waals surface area contributed by atoms with Crippen molar-refractivity contribution in [2.45, 2.75) is 0 Å². The van der Waals surface area contributed by atoms with Gasteiger partial charge >= 0.3 is 0 Å². The van der Waals surface area contributed by atoms with Gasteiger partial charge in [-0.25, -0.2) is 0 Å². The summed E-state index contributed by atoms with van der Waals surface area (Å²) in [4.78, 5) is 12.2. The molecule has 0 spiro atoms. The number of nitrogens with one attached hydrogen (secondary N) is 1. The van der Waals surface area contributed by atoms with Gasteiger partial charge in [-0.05, 0) is 30.3 Å². The lowest BCUT2D eigenvalue weighted by atomic mass is 10.1. The molecule has 0 bridgehead atoms. The number of carbonyl (C=O) groups excluding carboxylic acids is 1. The van der Waals surface area contributed by atoms with Crippen LogP contribution < -0.4 is 10.1 Å². The topological polar surface area (TPSA) is 38.3 Å². The summed E-state index contributed by atoms with van der Waals surface area (Å²) in [6, 6.07) is 14.2. The standard InChI is InChI=1S/C16H13NO2/c1-3-12-7-6-8-13(11-12)17-16(18)14-9-4-5-10-15(14)19-2/h1,4-11H,2H3,(H,17,18). The zero-order valence-corrected chi connectivity index (χ0v) is 10.5. The van der Waals surface area contributed by atoms with Crippen LogP contribution in [0.4, 0.5) is 5.69 Å². The minimum Gasteiger partial charge on any atom is -0.496 e. The molecule has 2 aromatic carbocycles. The maximum Gasteiger partial charge on any atom is 0.259 e. The van der Waals surface area contributed by atoms with Gasteiger partial charge in [0, 0.05) is 11.3 Å². The quantitative estimate of drug-likeness (QED) is 0.852. The Morgan fingerprint density at radius 3 is 2.74 bits per heavy atom. The molecule has 0 atom stereocenters. The van der Waals surface area contributed by atoms with Crippen LogP contribution in [0, 0.1) is 12.3 Å². The summed E-state index contributed by atoms with van der Waals surface area (Å²) in [5, 5.41) is 2.79. The number of benzene rings is 2. The number of anilines is 1. The van der Waals surface area contributed by atoms with E-state index in [4.69, 9.17) is 11.2 Å². The molecule has 0 saturated carbocycles. The molecular formula is C16H13NO2. The Hall–Kier alpha value is -2.73. The monoisotopic (exact) mass is 251 g/mol. The molecule has 0 aliphatic carbocycles. The lowest BCUT2D eigenvalue weighted by Gasteiger charge is -2.09. The third-order valence-corrected chi connectivity index (χ3v) is 2.64. The summed E-state index contributed by atoms with van der Waals surface area (Å²) in [6.45, 7) is 0. The highest BCUT2D eigenvalue weighted by Crippen LogP contribution is 2.19. The first-order valence-electron chi connectivity index (χ1n) is 5.75. The Morgan fingerprint density at radius 2 is 2.00 bits per heavy atom. The molecule has 0 unspecified atom stereocenters. The number of carbonyl (C=O) groups is 1. The van der Waals surface area contributed by atoms with Crippen molar-refractivity contribution in [3.8, 4) is 18.1 Å². The third-order valence-electron chi connectivity index (χ3n) is 2.64. The van der Waals surface area contributed by atoms with Gasteiger partial charge in [0.1, 0.15) is 5.75 Å². The zero-order valence-electron chi connectivity index (χ0n) is 10.5. The highest BCUT2D eigenvalue weighted by Gasteiger charge is 2.11. The van der Waals surface area contributed by atoms with E-state index in [9.17, 15) is 4.79 Å². The number of hydrogen-bond acceptors (Lipinski definition) is 2. The molecule has 1 amide bonds. The van der Waals surface area contributed by atoms with Crippen molar-refractivity contribution in [2.75, 3.05) is 12.4 Å². The molecule has 0 saturated heterocycles. The number of methoxy groups -OCH3 is 1. The highest BCUT2D eigenvalue weighted by atomic mass is 16.5. The Labute approximate surface area is 112 Å². The zero-order chi connectivity index (χ0) is 13.7. The molecule has 94 valence electrons. The molecule has 19 heavy (non-hydrogen) atoms. The average Bonchev–Trinajstić information content (AvgIpc) is 2.47. The largest absolute Gasteiger partial charge is 0.496 e. The average molecular weight is 251 g/mol. The fraction of sp³-hybridized carbons (Fsp3) is 0.0625. The van der Waals surface area contributed by atoms with Gasteiger partial charge < -0.3 is 10.1 Å². The Balaban J connectivity index is 2.23. The SMILES string of the molecule is C#Cc1cccc(NC(=O)c2ccccc2OC)c1. The molecule has 3 heteroatoms. The summed E-state index contributed by atoms with van der Waals surface area (Å²) in [7, 11) is 1.53. The minimum absolute atomic E-state index is 0.230. The van der Waals surface area contributed by atoms with Crippen LogP contribution in [-0.2, 0) is 0 Å². The van der Waals surface area contributed by atoms with Crippen molar-refractivity contribution in [2.24, 2.45) is 0 Å². The van der Waals surface area contributed by atoms with E-state index in [1.54, 1.807) is 42.5 Å². The molecule has 0 aliphatic heterocycles. The van der Waals surface area contributed by atoms with E-state index >= 15 is 0 Å². The Kier molecular flexibility index (Phi) is 3.84. The number of terminal acetylenes is 1. The first kappa shape index (κ1) is 12.7. The van der Waals surface area contributed by atoms with Gasteiger partial charge in [-0.2, -0.15) is 0 Å². The predicted octanol–water partition coefficient (Wildman–Crippen LogP) is 2.93. The van der Waals surface area contributed by atoms with E-state index < -0.39 is 0 Å². The molecule has 2 rings (SSSR count). The van der Waals surface area contributed by atoms with Crippen molar-refractivity contribution in [1.29, 1.82) is 0 Å². The lowest BCUT2D eigenvalue weighted by Crippen LogP contribution is -2.13. The molecular weight excluding hydrogens is 238 g/mol. The van der Waals surface area contributed by atoms with Gasteiger partial charge in [0.05, 0.1) is 12.7 Å². The smallest absolute Gasteiger partial charge is 0.259 e. The number of rotatable bonds is 3. The van der Waals surface area contributed by atoms with Crippen molar-refractivity contribution in [3.05, 3.63) is 59.7 Å². The second-order valence-corrected chi connectivity index (χ2v) is 3.88. The van der Waals surface area contributed by atoms with Crippen LogP contribution in [0.1, 0.15) is 15.9 Å². The molecule has 0 aliphatic rings. The van der Waals surface area contributed by atoms with E-state index in [0.717, 1.165) is 5.56 Å². The first-order chi connectivity index (χ1) is 9.24. The molecule has 0 heterocycles. The van der Waals surface area contributed by atoms with Crippen LogP contribution in [0.15, 0.2) is 48.5 Å². The molecule has 0 aromatic heterocycles. The normalized spacial score (nSPS) is 9.47. The van der Waals surface area contributed by atoms with Gasteiger partial charge in [0.25, 0.3) is 5.91 Å². The summed E-state index contributed by atoms with van der Waals surface area (Å²) in [5.74, 6) is 2.83. The predicted molar refractivity (Wildman–Crippen MR) is 75.3 cm³/mol. The van der Waals surface area contributed by atoms with E-state index in [2.05, 4.69) is 11.2 Å². The fourth-order valence-electron chi connectivity index (χ4n) is 1.72. The summed E-state index contributed by atoms with van der Waals surface area (Å²) < 4.78 is 5.16. The maximum atomic E-state index is 12.2. The molecule has 2 aromatic rings. The van der Waals surface area contributed by atoms with Crippen LogP contribution in [0.25, 0.3) is 0 Å². The molecule has 3 nitrogen and oxygen atoms in total. The summed E-state index contributed by atoms with van der Waals surface area (Å²) in [6.07, 6.45) is 5.32. The van der Waals surface area contributed by atoms with Crippen molar-refractivity contribution in [1.82, 2.24) is 0 Å². The van der Waals surface area contributed by atoms with Crippen molar-refractivity contribution in [3.63, 3.8) is 0 Å². The number of ether oxygens (including phenoxy) is 1. The van der Waals surface area contributed by atoms with Gasteiger partial charge in [-0.1, -0.05) is 24.1 Å². The minimum atomic E-state index is -0.230. The van der Waals surface area contributed by atoms with Gasteiger partial charge in [-0.15, -0.1) is 6.42 Å². The molecule has 1 N–H and O–H groups in total. The van der Waals surface area contributed by atoms with Crippen LogP contribution in [0.5, 0.6) is 5.75 Å². The van der Waals surface area contributed by atoms with Gasteiger partial charge in [0.2, 0.25) is 0 Å². The molecule has 0 fully saturated rings. The maximum absolute atomic E-state index is 12.2. The number of hydrogen-bond donors (Lipinski definition) is 1. The second kappa shape index (κ2) is 5.74. The fourth-order valence-corrected chi connectivity index (χ4v) is 1.72. The first-order valence-corrected chi connectivity index (χ1v) is 5.75. The summed E-state index contributed by atoms with van der Waals surface area (Å²) >= 11 is 0. The number of para-hydroxylation sites is 1. The van der Waals surface area contributed by atoms with Crippen molar-refractivity contribution < 1.29 is 9.53 Å². The van der Waals surface area contributed by atoms with E-state index in [-0.39, 0.29) is 5.91 Å². The Bertz CT molecular complexity index is 641. The van der Waals surface area contributed by atoms with Gasteiger partial charge in [0.15, 0.2) is 0 Å². The number of amides is 1. The lowest BCUT2D eigenvalue weighted by molar-refractivity contribution is 0.102. The van der Waals surface area contributed by atoms with E-state index in [1.807, 2.05) is 6.07 Å². The summed E-state index contributed by atoms with van der Waals surface area (Å²) in [5.41, 5.74) is 1.86. The van der Waals surface area contributed by atoms with E-state index in [1.165, 1.54) is 7.11 Å². The van der Waals surface area contributed by atoms with Crippen molar-refractivity contribution >= 4 is 11.6 Å². The van der Waals surface area contributed by atoms with Gasteiger partial charge in [-0.3, -0.25) is 4.79 Å². The Morgan fingerprint density at radius 1 is 1.21 bits per heavy atom. The van der Waals surface area contributed by atoms with Crippen LogP contribution in [0.3, 0.4) is 0 Å². The molecule has 0 radical (unpaired) electrons.